The molecule has 2 aromatic rings. The van der Waals surface area contributed by atoms with Crippen LogP contribution in [0.2, 0.25) is 0 Å². The normalized spacial score (nSPS) is 12.2. The molecule has 0 amide bonds. The molecule has 0 radical (unpaired) electrons. The fraction of sp³-hybridized carbons (Fsp3) is 0.143. The lowest BCUT2D eigenvalue weighted by Gasteiger charge is -2.11. The maximum Gasteiger partial charge on any atom is 0.242 e. The van der Waals surface area contributed by atoms with E-state index in [0.717, 1.165) is 5.56 Å². The van der Waals surface area contributed by atoms with Crippen LogP contribution in [0.25, 0.3) is 0 Å². The molecule has 1 heterocycles. The molecule has 0 unspecified atom stereocenters. The third kappa shape index (κ3) is 3.28. The number of rotatable bonds is 4. The predicted molar refractivity (Wildman–Crippen MR) is 78.8 cm³/mol. The molecule has 1 aromatic heterocycles. The second-order valence-corrected chi connectivity index (χ2v) is 6.48. The highest BCUT2D eigenvalue weighted by molar-refractivity contribution is 7.89. The molecule has 1 aromatic carbocycles. The Balaban J connectivity index is 2.30. The Morgan fingerprint density at radius 1 is 1.20 bits per heavy atom. The molecule has 5 nitrogen and oxygen atoms in total. The van der Waals surface area contributed by atoms with Crippen molar-refractivity contribution in [2.75, 3.05) is 14.1 Å². The zero-order chi connectivity index (χ0) is 14.6. The Hall–Kier alpha value is -2.05. The Kier molecular flexibility index (Phi) is 4.26. The molecule has 0 aliphatic rings. The van der Waals surface area contributed by atoms with E-state index in [2.05, 4.69) is 9.98 Å². The minimum atomic E-state index is -3.44. The first-order valence-corrected chi connectivity index (χ1v) is 7.41. The maximum atomic E-state index is 12.0. The Labute approximate surface area is 118 Å². The van der Waals surface area contributed by atoms with Crippen molar-refractivity contribution in [3.63, 3.8) is 0 Å². The summed E-state index contributed by atoms with van der Waals surface area (Å²) in [5.41, 5.74) is 1.44. The van der Waals surface area contributed by atoms with Gasteiger partial charge in [-0.1, -0.05) is 12.1 Å². The fourth-order valence-electron chi connectivity index (χ4n) is 1.54. The van der Waals surface area contributed by atoms with Gasteiger partial charge in [-0.15, -0.1) is 0 Å². The van der Waals surface area contributed by atoms with Crippen LogP contribution in [0.3, 0.4) is 0 Å². The van der Waals surface area contributed by atoms with E-state index in [9.17, 15) is 8.42 Å². The topological polar surface area (TPSA) is 62.6 Å². The average molecular weight is 289 g/mol. The van der Waals surface area contributed by atoms with Gasteiger partial charge in [0.1, 0.15) is 0 Å². The van der Waals surface area contributed by atoms with Gasteiger partial charge in [-0.3, -0.25) is 9.98 Å². The van der Waals surface area contributed by atoms with Crippen molar-refractivity contribution in [3.8, 4) is 0 Å². The molecule has 0 spiro atoms. The summed E-state index contributed by atoms with van der Waals surface area (Å²) in [6.45, 7) is 0. The van der Waals surface area contributed by atoms with Crippen molar-refractivity contribution < 1.29 is 8.42 Å². The van der Waals surface area contributed by atoms with E-state index in [-0.39, 0.29) is 4.90 Å². The van der Waals surface area contributed by atoms with Crippen molar-refractivity contribution in [2.45, 2.75) is 4.90 Å². The number of nitrogens with zero attached hydrogens (tertiary/aromatic N) is 3. The highest BCUT2D eigenvalue weighted by Gasteiger charge is 2.16. The maximum absolute atomic E-state index is 12.0. The van der Waals surface area contributed by atoms with Gasteiger partial charge in [-0.25, -0.2) is 12.7 Å². The first kappa shape index (κ1) is 14.4. The molecule has 0 aliphatic heterocycles. The number of pyridine rings is 1. The first-order valence-electron chi connectivity index (χ1n) is 5.97. The molecule has 0 saturated heterocycles. The lowest BCUT2D eigenvalue weighted by atomic mass is 10.3. The quantitative estimate of drug-likeness (QED) is 0.810. The summed E-state index contributed by atoms with van der Waals surface area (Å²) in [6.07, 6.45) is 5.01. The second-order valence-electron chi connectivity index (χ2n) is 4.33. The van der Waals surface area contributed by atoms with E-state index in [1.54, 1.807) is 42.9 Å². The molecule has 20 heavy (non-hydrogen) atoms. The van der Waals surface area contributed by atoms with Gasteiger partial charge in [0, 0.05) is 38.3 Å². The Bertz CT molecular complexity index is 710. The zero-order valence-corrected chi connectivity index (χ0v) is 12.1. The van der Waals surface area contributed by atoms with Crippen molar-refractivity contribution in [2.24, 2.45) is 4.99 Å². The van der Waals surface area contributed by atoms with Gasteiger partial charge in [0.15, 0.2) is 0 Å². The smallest absolute Gasteiger partial charge is 0.242 e. The van der Waals surface area contributed by atoms with Gasteiger partial charge in [-0.2, -0.15) is 0 Å². The molecular formula is C14H15N3O2S. The fourth-order valence-corrected chi connectivity index (χ4v) is 2.48. The van der Waals surface area contributed by atoms with Gasteiger partial charge < -0.3 is 0 Å². The summed E-state index contributed by atoms with van der Waals surface area (Å²) in [5, 5.41) is 0. The minimum absolute atomic E-state index is 0.225. The van der Waals surface area contributed by atoms with Crippen molar-refractivity contribution in [1.82, 2.24) is 9.29 Å². The molecule has 0 N–H and O–H groups in total. The first-order chi connectivity index (χ1) is 9.50. The van der Waals surface area contributed by atoms with Crippen LogP contribution in [-0.4, -0.2) is 38.0 Å². The van der Waals surface area contributed by atoms with Crippen LogP contribution in [0.15, 0.2) is 58.7 Å². The summed E-state index contributed by atoms with van der Waals surface area (Å²) < 4.78 is 25.2. The number of hydrogen-bond donors (Lipinski definition) is 0. The molecule has 6 heteroatoms. The molecule has 2 rings (SSSR count). The Morgan fingerprint density at radius 3 is 2.65 bits per heavy atom. The lowest BCUT2D eigenvalue weighted by molar-refractivity contribution is 0.521. The third-order valence-electron chi connectivity index (χ3n) is 2.64. The number of benzene rings is 1. The van der Waals surface area contributed by atoms with Crippen molar-refractivity contribution >= 4 is 21.9 Å². The van der Waals surface area contributed by atoms with Gasteiger partial charge in [-0.05, 0) is 24.3 Å². The van der Waals surface area contributed by atoms with Crippen LogP contribution < -0.4 is 0 Å². The van der Waals surface area contributed by atoms with Crippen LogP contribution in [0.4, 0.5) is 5.69 Å². The molecule has 0 bridgehead atoms. The molecule has 0 saturated carbocycles. The molecular weight excluding hydrogens is 274 g/mol. The number of sulfonamides is 1. The molecule has 0 atom stereocenters. The van der Waals surface area contributed by atoms with Gasteiger partial charge in [0.05, 0.1) is 10.6 Å². The molecule has 104 valence electrons. The zero-order valence-electron chi connectivity index (χ0n) is 11.3. The van der Waals surface area contributed by atoms with Crippen LogP contribution in [0.5, 0.6) is 0 Å². The van der Waals surface area contributed by atoms with Crippen molar-refractivity contribution in [3.05, 3.63) is 54.4 Å². The summed E-state index contributed by atoms with van der Waals surface area (Å²) >= 11 is 0. The lowest BCUT2D eigenvalue weighted by Crippen LogP contribution is -2.22. The van der Waals surface area contributed by atoms with Crippen LogP contribution >= 0.6 is 0 Å². The second kappa shape index (κ2) is 5.94. The van der Waals surface area contributed by atoms with E-state index in [1.807, 2.05) is 12.1 Å². The van der Waals surface area contributed by atoms with E-state index >= 15 is 0 Å². The van der Waals surface area contributed by atoms with Gasteiger partial charge in [0.25, 0.3) is 0 Å². The van der Waals surface area contributed by atoms with E-state index in [4.69, 9.17) is 0 Å². The average Bonchev–Trinajstić information content (AvgIpc) is 2.46. The van der Waals surface area contributed by atoms with Gasteiger partial charge in [0.2, 0.25) is 10.0 Å². The highest BCUT2D eigenvalue weighted by Crippen LogP contribution is 2.19. The summed E-state index contributed by atoms with van der Waals surface area (Å²) in [7, 11) is -0.433. The standard InChI is InChI=1S/C14H15N3O2S/c1-17(2)20(18,19)14-7-3-6-13(9-14)16-11-12-5-4-8-15-10-12/h3-11H,1-2H3. The summed E-state index contributed by atoms with van der Waals surface area (Å²) in [4.78, 5) is 8.47. The SMILES string of the molecule is CN(C)S(=O)(=O)c1cccc(N=Cc2cccnc2)c1. The Morgan fingerprint density at radius 2 is 2.00 bits per heavy atom. The number of aromatic nitrogens is 1. The minimum Gasteiger partial charge on any atom is -0.264 e. The van der Waals surface area contributed by atoms with E-state index in [0.29, 0.717) is 5.69 Å². The van der Waals surface area contributed by atoms with Crippen LogP contribution in [-0.2, 0) is 10.0 Å². The highest BCUT2D eigenvalue weighted by atomic mass is 32.2. The third-order valence-corrected chi connectivity index (χ3v) is 4.45. The van der Waals surface area contributed by atoms with E-state index < -0.39 is 10.0 Å². The van der Waals surface area contributed by atoms with Gasteiger partial charge >= 0.3 is 0 Å². The van der Waals surface area contributed by atoms with Crippen molar-refractivity contribution in [1.29, 1.82) is 0 Å². The number of aliphatic imine (C=N–C) groups is 1. The van der Waals surface area contributed by atoms with Crippen LogP contribution in [0.1, 0.15) is 5.56 Å². The largest absolute Gasteiger partial charge is 0.264 e. The van der Waals surface area contributed by atoms with Crippen LogP contribution in [0, 0.1) is 0 Å². The molecule has 0 aliphatic carbocycles. The molecule has 0 fully saturated rings. The predicted octanol–water partition coefficient (Wildman–Crippen LogP) is 2.08. The number of hydrogen-bond acceptors (Lipinski definition) is 4. The van der Waals surface area contributed by atoms with E-state index in [1.165, 1.54) is 18.4 Å². The summed E-state index contributed by atoms with van der Waals surface area (Å²) in [5.74, 6) is 0. The summed E-state index contributed by atoms with van der Waals surface area (Å²) in [6, 6.07) is 10.2. The monoisotopic (exact) mass is 289 g/mol.